The maximum absolute atomic E-state index is 12.3. The van der Waals surface area contributed by atoms with E-state index in [0.717, 1.165) is 0 Å². The van der Waals surface area contributed by atoms with Crippen LogP contribution in [-0.2, 0) is 6.54 Å². The van der Waals surface area contributed by atoms with Gasteiger partial charge in [0.15, 0.2) is 5.95 Å². The van der Waals surface area contributed by atoms with Crippen LogP contribution in [0.1, 0.15) is 15.9 Å². The van der Waals surface area contributed by atoms with E-state index in [4.69, 9.17) is 5.73 Å². The molecule has 0 bridgehead atoms. The third kappa shape index (κ3) is 4.00. The largest absolute Gasteiger partial charge is 0.573 e. The van der Waals surface area contributed by atoms with Crippen molar-refractivity contribution in [3.8, 4) is 5.75 Å². The molecule has 6 nitrogen and oxygen atoms in total. The molecule has 0 saturated carbocycles. The Morgan fingerprint density at radius 3 is 2.60 bits per heavy atom. The molecule has 9 heteroatoms. The van der Waals surface area contributed by atoms with Gasteiger partial charge >= 0.3 is 6.36 Å². The Morgan fingerprint density at radius 2 is 1.92 bits per heavy atom. The second kappa shape index (κ2) is 6.34. The summed E-state index contributed by atoms with van der Waals surface area (Å²) in [5, 5.41) is 2.69. The maximum atomic E-state index is 12.3. The minimum Gasteiger partial charge on any atom is -0.406 e. The number of alkyl halides is 3. The number of aromatic nitrogens is 2. The number of nitrogens with zero attached hydrogens (tertiary/aromatic N) is 1. The Labute approximate surface area is 139 Å². The lowest BCUT2D eigenvalue weighted by Crippen LogP contribution is -2.23. The van der Waals surface area contributed by atoms with Crippen LogP contribution in [0.2, 0.25) is 0 Å². The zero-order chi connectivity index (χ0) is 18.0. The van der Waals surface area contributed by atoms with E-state index in [2.05, 4.69) is 20.0 Å². The summed E-state index contributed by atoms with van der Waals surface area (Å²) in [7, 11) is 0. The number of anilines is 1. The molecule has 0 atom stereocenters. The van der Waals surface area contributed by atoms with Gasteiger partial charge in [-0.25, -0.2) is 4.98 Å². The number of para-hydroxylation sites is 1. The molecule has 3 rings (SSSR count). The lowest BCUT2D eigenvalue weighted by atomic mass is 10.1. The van der Waals surface area contributed by atoms with Gasteiger partial charge in [0.1, 0.15) is 5.75 Å². The number of H-pyrrole nitrogens is 1. The van der Waals surface area contributed by atoms with Gasteiger partial charge < -0.3 is 20.8 Å². The molecule has 0 radical (unpaired) electrons. The third-order valence-corrected chi connectivity index (χ3v) is 3.39. The number of ether oxygens (including phenoxy) is 1. The molecule has 2 aromatic carbocycles. The average Bonchev–Trinajstić information content (AvgIpc) is 2.92. The van der Waals surface area contributed by atoms with Gasteiger partial charge in [-0.3, -0.25) is 4.79 Å². The normalized spacial score (nSPS) is 11.5. The van der Waals surface area contributed by atoms with Crippen molar-refractivity contribution in [2.75, 3.05) is 5.73 Å². The summed E-state index contributed by atoms with van der Waals surface area (Å²) in [4.78, 5) is 19.2. The second-order valence-corrected chi connectivity index (χ2v) is 5.20. The number of carbonyl (C=O) groups excluding carboxylic acids is 1. The average molecular weight is 350 g/mol. The van der Waals surface area contributed by atoms with E-state index in [-0.39, 0.29) is 24.1 Å². The van der Waals surface area contributed by atoms with Gasteiger partial charge in [-0.1, -0.05) is 18.2 Å². The minimum absolute atomic E-state index is 0.144. The first-order chi connectivity index (χ1) is 11.8. The molecular formula is C16H13F3N4O2. The van der Waals surface area contributed by atoms with E-state index in [0.29, 0.717) is 22.2 Å². The van der Waals surface area contributed by atoms with Gasteiger partial charge in [-0.2, -0.15) is 0 Å². The third-order valence-electron chi connectivity index (χ3n) is 3.39. The summed E-state index contributed by atoms with van der Waals surface area (Å²) >= 11 is 0. The van der Waals surface area contributed by atoms with Gasteiger partial charge in [0, 0.05) is 6.54 Å². The summed E-state index contributed by atoms with van der Waals surface area (Å²) in [5.41, 5.74) is 7.68. The summed E-state index contributed by atoms with van der Waals surface area (Å²) in [5.74, 6) is -0.472. The standard InChI is InChI=1S/C16H13F3N4O2/c17-16(18,19)25-10-6-4-9(5-7-10)8-21-14(24)11-2-1-3-12-13(11)23-15(20)22-12/h1-7H,8H2,(H,21,24)(H3,20,22,23). The first-order valence-corrected chi connectivity index (χ1v) is 7.19. The van der Waals surface area contributed by atoms with Crippen molar-refractivity contribution in [2.24, 2.45) is 0 Å². The van der Waals surface area contributed by atoms with Crippen molar-refractivity contribution in [2.45, 2.75) is 12.9 Å². The number of carbonyl (C=O) groups is 1. The Kier molecular flexibility index (Phi) is 4.22. The Balaban J connectivity index is 1.67. The molecule has 0 saturated heterocycles. The highest BCUT2D eigenvalue weighted by Crippen LogP contribution is 2.23. The van der Waals surface area contributed by atoms with Crippen molar-refractivity contribution >= 4 is 22.9 Å². The molecule has 0 aliphatic heterocycles. The number of fused-ring (bicyclic) bond motifs is 1. The lowest BCUT2D eigenvalue weighted by Gasteiger charge is -2.10. The molecular weight excluding hydrogens is 337 g/mol. The molecule has 0 aliphatic rings. The molecule has 4 N–H and O–H groups in total. The number of imidazole rings is 1. The number of halogens is 3. The zero-order valence-electron chi connectivity index (χ0n) is 12.7. The van der Waals surface area contributed by atoms with E-state index in [1.807, 2.05) is 0 Å². The smallest absolute Gasteiger partial charge is 0.406 e. The Bertz CT molecular complexity index is 904. The quantitative estimate of drug-likeness (QED) is 0.674. The monoisotopic (exact) mass is 350 g/mol. The first-order valence-electron chi connectivity index (χ1n) is 7.19. The molecule has 3 aromatic rings. The molecule has 1 aromatic heterocycles. The summed E-state index contributed by atoms with van der Waals surface area (Å²) < 4.78 is 40.1. The van der Waals surface area contributed by atoms with Crippen LogP contribution in [0.3, 0.4) is 0 Å². The zero-order valence-corrected chi connectivity index (χ0v) is 12.7. The SMILES string of the molecule is Nc1nc2cccc(C(=O)NCc3ccc(OC(F)(F)F)cc3)c2[nH]1. The van der Waals surface area contributed by atoms with Gasteiger partial charge in [0.05, 0.1) is 16.6 Å². The van der Waals surface area contributed by atoms with Crippen LogP contribution in [0.4, 0.5) is 19.1 Å². The number of hydrogen-bond donors (Lipinski definition) is 3. The molecule has 0 spiro atoms. The van der Waals surface area contributed by atoms with E-state index >= 15 is 0 Å². The number of rotatable bonds is 4. The molecule has 25 heavy (non-hydrogen) atoms. The second-order valence-electron chi connectivity index (χ2n) is 5.20. The molecule has 1 heterocycles. The van der Waals surface area contributed by atoms with E-state index in [1.54, 1.807) is 18.2 Å². The fraction of sp³-hybridized carbons (Fsp3) is 0.125. The highest BCUT2D eigenvalue weighted by molar-refractivity contribution is 6.05. The van der Waals surface area contributed by atoms with Crippen LogP contribution in [0, 0.1) is 0 Å². The van der Waals surface area contributed by atoms with Crippen molar-refractivity contribution in [1.82, 2.24) is 15.3 Å². The molecule has 0 unspecified atom stereocenters. The van der Waals surface area contributed by atoms with Crippen LogP contribution >= 0.6 is 0 Å². The van der Waals surface area contributed by atoms with Crippen molar-refractivity contribution < 1.29 is 22.7 Å². The van der Waals surface area contributed by atoms with Crippen molar-refractivity contribution in [3.63, 3.8) is 0 Å². The first kappa shape index (κ1) is 16.6. The van der Waals surface area contributed by atoms with Crippen LogP contribution in [0.5, 0.6) is 5.75 Å². The van der Waals surface area contributed by atoms with Crippen LogP contribution in [-0.4, -0.2) is 22.2 Å². The Morgan fingerprint density at radius 1 is 1.20 bits per heavy atom. The van der Waals surface area contributed by atoms with Crippen molar-refractivity contribution in [1.29, 1.82) is 0 Å². The molecule has 1 amide bonds. The van der Waals surface area contributed by atoms with Gasteiger partial charge in [-0.15, -0.1) is 13.2 Å². The number of benzene rings is 2. The summed E-state index contributed by atoms with van der Waals surface area (Å²) in [6.07, 6.45) is -4.74. The molecule has 0 fully saturated rings. The highest BCUT2D eigenvalue weighted by Gasteiger charge is 2.30. The summed E-state index contributed by atoms with van der Waals surface area (Å²) in [6, 6.07) is 10.3. The van der Waals surface area contributed by atoms with Gasteiger partial charge in [-0.05, 0) is 29.8 Å². The Hall–Kier alpha value is -3.23. The summed E-state index contributed by atoms with van der Waals surface area (Å²) in [6.45, 7) is 0.144. The fourth-order valence-corrected chi connectivity index (χ4v) is 2.33. The van der Waals surface area contributed by atoms with Crippen LogP contribution in [0.25, 0.3) is 11.0 Å². The predicted octanol–water partition coefficient (Wildman–Crippen LogP) is 2.97. The topological polar surface area (TPSA) is 93.0 Å². The van der Waals surface area contributed by atoms with Crippen molar-refractivity contribution in [3.05, 3.63) is 53.6 Å². The van der Waals surface area contributed by atoms with Crippen LogP contribution < -0.4 is 15.8 Å². The van der Waals surface area contributed by atoms with E-state index in [9.17, 15) is 18.0 Å². The number of hydrogen-bond acceptors (Lipinski definition) is 4. The van der Waals surface area contributed by atoms with Gasteiger partial charge in [0.2, 0.25) is 0 Å². The number of nitrogen functional groups attached to an aromatic ring is 1. The number of nitrogens with two attached hydrogens (primary N) is 1. The van der Waals surface area contributed by atoms with E-state index < -0.39 is 6.36 Å². The fourth-order valence-electron chi connectivity index (χ4n) is 2.33. The van der Waals surface area contributed by atoms with Crippen LogP contribution in [0.15, 0.2) is 42.5 Å². The minimum atomic E-state index is -4.74. The maximum Gasteiger partial charge on any atom is 0.573 e. The lowest BCUT2D eigenvalue weighted by molar-refractivity contribution is -0.274. The number of amides is 1. The number of nitrogens with one attached hydrogen (secondary N) is 2. The number of aromatic amines is 1. The predicted molar refractivity (Wildman–Crippen MR) is 84.8 cm³/mol. The molecule has 0 aliphatic carbocycles. The van der Waals surface area contributed by atoms with Gasteiger partial charge in [0.25, 0.3) is 5.91 Å². The van der Waals surface area contributed by atoms with E-state index in [1.165, 1.54) is 24.3 Å². The molecule has 130 valence electrons. The highest BCUT2D eigenvalue weighted by atomic mass is 19.4.